The Hall–Kier alpha value is -6.04. The Balaban J connectivity index is 1.17. The highest BCUT2D eigenvalue weighted by atomic mass is 32.1. The Morgan fingerprint density at radius 1 is 0.388 bits per heavy atom. The van der Waals surface area contributed by atoms with Crippen molar-refractivity contribution in [3.63, 3.8) is 0 Å². The monoisotopic (exact) mass is 1070 g/mol. The zero-order chi connectivity index (χ0) is 56.4. The maximum atomic E-state index is 2.77. The summed E-state index contributed by atoms with van der Waals surface area (Å²) in [5.74, 6) is 0. The van der Waals surface area contributed by atoms with E-state index in [1.165, 1.54) is 146 Å². The number of hydrogen-bond donors (Lipinski definition) is 0. The van der Waals surface area contributed by atoms with E-state index in [1.54, 1.807) is 0 Å². The third-order valence-electron chi connectivity index (χ3n) is 21.6. The third-order valence-corrected chi connectivity index (χ3v) is 22.8. The van der Waals surface area contributed by atoms with Crippen LogP contribution in [0.25, 0.3) is 10.1 Å². The van der Waals surface area contributed by atoms with Crippen molar-refractivity contribution in [3.8, 4) is 0 Å². The summed E-state index contributed by atoms with van der Waals surface area (Å²) in [5, 5.41) is 1.35. The van der Waals surface area contributed by atoms with Crippen LogP contribution in [0.4, 0.5) is 51.2 Å². The molecule has 0 amide bonds. The highest BCUT2D eigenvalue weighted by molar-refractivity contribution is 7.33. The second-order valence-electron chi connectivity index (χ2n) is 31.0. The van der Waals surface area contributed by atoms with E-state index in [-0.39, 0.29) is 50.0 Å². The topological polar surface area (TPSA) is 9.72 Å². The lowest BCUT2D eigenvalue weighted by atomic mass is 9.35. The van der Waals surface area contributed by atoms with Crippen molar-refractivity contribution in [3.05, 3.63) is 177 Å². The van der Waals surface area contributed by atoms with E-state index in [9.17, 15) is 0 Å². The van der Waals surface area contributed by atoms with E-state index in [1.807, 2.05) is 11.3 Å². The molecule has 0 unspecified atom stereocenters. The zero-order valence-electron chi connectivity index (χ0n) is 51.2. The molecule has 3 aliphatic carbocycles. The molecule has 8 aromatic rings. The summed E-state index contributed by atoms with van der Waals surface area (Å²) < 4.78 is 2.80. The van der Waals surface area contributed by atoms with Crippen molar-refractivity contribution >= 4 is 95.0 Å². The van der Waals surface area contributed by atoms with Gasteiger partial charge in [-0.05, 0) is 204 Å². The smallest absolute Gasteiger partial charge is 0.264 e. The first-order valence-corrected chi connectivity index (χ1v) is 31.2. The van der Waals surface area contributed by atoms with Crippen LogP contribution in [0, 0.1) is 0 Å². The minimum atomic E-state index is -0.198. The van der Waals surface area contributed by atoms with Crippen molar-refractivity contribution in [1.29, 1.82) is 0 Å². The summed E-state index contributed by atoms with van der Waals surface area (Å²) in [6, 6.07) is 51.9. The summed E-state index contributed by atoms with van der Waals surface area (Å²) in [6.45, 7) is 41.9. The summed E-state index contributed by atoms with van der Waals surface area (Å²) in [6.07, 6.45) is 7.02. The van der Waals surface area contributed by atoms with Crippen molar-refractivity contribution in [2.45, 2.75) is 200 Å². The number of hydrogen-bond acceptors (Lipinski definition) is 4. The van der Waals surface area contributed by atoms with Crippen LogP contribution in [-0.4, -0.2) is 6.71 Å². The molecule has 7 aromatic carbocycles. The molecule has 4 heterocycles. The lowest BCUT2D eigenvalue weighted by Crippen LogP contribution is -2.61. The molecule has 0 saturated heterocycles. The molecular formula is C75H84BN3S. The van der Waals surface area contributed by atoms with Gasteiger partial charge in [0.2, 0.25) is 0 Å². The van der Waals surface area contributed by atoms with Gasteiger partial charge in [-0.15, -0.1) is 11.3 Å². The van der Waals surface area contributed by atoms with Crippen LogP contribution in [0.2, 0.25) is 0 Å². The first kappa shape index (κ1) is 52.1. The second kappa shape index (κ2) is 16.6. The van der Waals surface area contributed by atoms with E-state index < -0.39 is 0 Å². The number of thiophene rings is 1. The van der Waals surface area contributed by atoms with Gasteiger partial charge >= 0.3 is 0 Å². The van der Waals surface area contributed by atoms with Gasteiger partial charge in [-0.1, -0.05) is 178 Å². The lowest BCUT2D eigenvalue weighted by Gasteiger charge is -2.48. The number of rotatable bonds is 3. The van der Waals surface area contributed by atoms with E-state index >= 15 is 0 Å². The number of benzene rings is 7. The fourth-order valence-corrected chi connectivity index (χ4v) is 17.3. The van der Waals surface area contributed by atoms with E-state index in [4.69, 9.17) is 0 Å². The van der Waals surface area contributed by atoms with Gasteiger partial charge in [-0.3, -0.25) is 0 Å². The molecule has 80 heavy (non-hydrogen) atoms. The van der Waals surface area contributed by atoms with Crippen LogP contribution in [0.5, 0.6) is 0 Å². The van der Waals surface area contributed by atoms with Gasteiger partial charge in [0.1, 0.15) is 0 Å². The van der Waals surface area contributed by atoms with Gasteiger partial charge in [0.15, 0.2) is 0 Å². The summed E-state index contributed by atoms with van der Waals surface area (Å²) in [7, 11) is 0. The van der Waals surface area contributed by atoms with Crippen LogP contribution >= 0.6 is 11.3 Å². The summed E-state index contributed by atoms with van der Waals surface area (Å²) >= 11 is 2.04. The molecule has 0 saturated carbocycles. The Morgan fingerprint density at radius 3 is 1.34 bits per heavy atom. The normalized spacial score (nSPS) is 20.6. The quantitative estimate of drug-likeness (QED) is 0.163. The minimum Gasteiger partial charge on any atom is -0.311 e. The van der Waals surface area contributed by atoms with Gasteiger partial charge in [0.05, 0.1) is 22.7 Å². The molecule has 14 rings (SSSR count). The van der Waals surface area contributed by atoms with Crippen LogP contribution in [0.15, 0.2) is 127 Å². The molecule has 0 fully saturated rings. The van der Waals surface area contributed by atoms with Crippen molar-refractivity contribution in [1.82, 2.24) is 0 Å². The Morgan fingerprint density at radius 2 is 0.825 bits per heavy atom. The van der Waals surface area contributed by atoms with Crippen LogP contribution in [0.1, 0.15) is 206 Å². The van der Waals surface area contributed by atoms with Gasteiger partial charge in [-0.2, -0.15) is 0 Å². The molecule has 0 spiro atoms. The van der Waals surface area contributed by atoms with Gasteiger partial charge in [0, 0.05) is 48.7 Å². The molecule has 408 valence electrons. The average molecular weight is 1070 g/mol. The molecule has 3 aliphatic heterocycles. The molecule has 0 bridgehead atoms. The largest absolute Gasteiger partial charge is 0.311 e. The van der Waals surface area contributed by atoms with Crippen LogP contribution in [0.3, 0.4) is 0 Å². The van der Waals surface area contributed by atoms with Gasteiger partial charge in [0.25, 0.3) is 6.71 Å². The van der Waals surface area contributed by atoms with Crippen molar-refractivity contribution in [2.75, 3.05) is 14.7 Å². The number of anilines is 9. The number of fused-ring (bicyclic) bond motifs is 11. The fraction of sp³-hybridized carbons (Fsp3) is 0.413. The summed E-state index contributed by atoms with van der Waals surface area (Å²) in [5.41, 5.74) is 27.3. The van der Waals surface area contributed by atoms with Gasteiger partial charge < -0.3 is 14.7 Å². The van der Waals surface area contributed by atoms with Crippen LogP contribution < -0.4 is 30.4 Å². The molecule has 5 heteroatoms. The van der Waals surface area contributed by atoms with Crippen molar-refractivity contribution in [2.24, 2.45) is 0 Å². The highest BCUT2D eigenvalue weighted by Gasteiger charge is 2.50. The SMILES string of the molecule is CC(C)(C)c1ccc2sc3c(c2c1)N(c1ccc2c(c1)C(C)(C)CCC2(C)C)c1cc(N2c4ccccc4C(C)(C)c4ccccc42)cc2c1B3c1cc3c(cc1N2c1ccc2c(c1)C(C)(C)CCC2(C)C)C(C)(C)CCC3(C)C. The maximum absolute atomic E-state index is 2.77. The lowest BCUT2D eigenvalue weighted by molar-refractivity contribution is 0.332. The first-order chi connectivity index (χ1) is 37.5. The van der Waals surface area contributed by atoms with E-state index in [2.05, 4.69) is 260 Å². The molecule has 3 nitrogen and oxygen atoms in total. The zero-order valence-corrected chi connectivity index (χ0v) is 52.0. The molecule has 0 radical (unpaired) electrons. The predicted octanol–water partition coefficient (Wildman–Crippen LogP) is 19.4. The highest BCUT2D eigenvalue weighted by Crippen LogP contribution is 2.58. The maximum Gasteiger partial charge on any atom is 0.264 e. The average Bonchev–Trinajstić information content (AvgIpc) is 3.60. The molecule has 0 atom stereocenters. The molecule has 0 N–H and O–H groups in total. The number of nitrogens with zero attached hydrogens (tertiary/aromatic N) is 3. The fourth-order valence-electron chi connectivity index (χ4n) is 16.0. The third kappa shape index (κ3) is 7.36. The van der Waals surface area contributed by atoms with Gasteiger partial charge in [-0.25, -0.2) is 0 Å². The first-order valence-electron chi connectivity index (χ1n) is 30.3. The Kier molecular flexibility index (Phi) is 10.8. The minimum absolute atomic E-state index is 0.00552. The Labute approximate surface area is 483 Å². The van der Waals surface area contributed by atoms with E-state index in [0.29, 0.717) is 0 Å². The number of para-hydroxylation sites is 2. The second-order valence-corrected chi connectivity index (χ2v) is 32.1. The molecule has 6 aliphatic rings. The van der Waals surface area contributed by atoms with E-state index in [0.717, 1.165) is 19.3 Å². The molecular weight excluding hydrogens is 986 g/mol. The van der Waals surface area contributed by atoms with Crippen LogP contribution in [-0.2, 0) is 43.3 Å². The Bertz CT molecular complexity index is 3910. The molecule has 1 aromatic heterocycles. The predicted molar refractivity (Wildman–Crippen MR) is 347 cm³/mol. The summed E-state index contributed by atoms with van der Waals surface area (Å²) in [4.78, 5) is 8.17. The van der Waals surface area contributed by atoms with Crippen molar-refractivity contribution < 1.29 is 0 Å². The standard InChI is InChI=1S/C75H84BN3S/c1-68(2,3)45-26-31-64-49(38-45)66-67(80-64)76-58-43-56-57(74(14,15)37-36-73(56,12)13)44-61(58)77(46-27-29-50-54(39-46)71(8,9)34-32-69(50,4)5)62-41-48(78-59-24-20-18-22-52(59)75(16,17)53-23-19-21-25-60(53)78)42-63(65(62)76)79(66)47-28-30-51-55(40-47)72(10,11)35-33-70(51,6)7/h18-31,38-44H,32-37H2,1-17H3.